The first-order valence-corrected chi connectivity index (χ1v) is 6.76. The summed E-state index contributed by atoms with van der Waals surface area (Å²) in [6, 6.07) is 3.34. The van der Waals surface area contributed by atoms with Gasteiger partial charge in [0.1, 0.15) is 11.4 Å². The highest BCUT2D eigenvalue weighted by Gasteiger charge is 2.39. The van der Waals surface area contributed by atoms with E-state index in [9.17, 15) is 9.90 Å². The molecule has 0 aromatic carbocycles. The first-order chi connectivity index (χ1) is 9.55. The summed E-state index contributed by atoms with van der Waals surface area (Å²) in [4.78, 5) is 15.6. The molecule has 1 aliphatic rings. The lowest BCUT2D eigenvalue weighted by Crippen LogP contribution is -2.43. The highest BCUT2D eigenvalue weighted by molar-refractivity contribution is 5.89. The van der Waals surface area contributed by atoms with E-state index < -0.39 is 5.60 Å². The van der Waals surface area contributed by atoms with Crippen molar-refractivity contribution in [2.45, 2.75) is 32.0 Å². The van der Waals surface area contributed by atoms with Crippen molar-refractivity contribution in [1.82, 2.24) is 4.98 Å². The van der Waals surface area contributed by atoms with Crippen molar-refractivity contribution in [1.29, 1.82) is 0 Å². The van der Waals surface area contributed by atoms with Gasteiger partial charge in [-0.25, -0.2) is 9.78 Å². The molecule has 0 aliphatic carbocycles. The Hall–Kier alpha value is -1.66. The predicted molar refractivity (Wildman–Crippen MR) is 73.7 cm³/mol. The lowest BCUT2D eigenvalue weighted by molar-refractivity contribution is -0.0176. The number of hydrogen-bond donors (Lipinski definition) is 2. The third-order valence-electron chi connectivity index (χ3n) is 3.51. The normalized spacial score (nSPS) is 25.4. The molecule has 6 nitrogen and oxygen atoms in total. The molecule has 0 bridgehead atoms. The van der Waals surface area contributed by atoms with Crippen LogP contribution in [0, 0.1) is 0 Å². The number of nitrogens with zero attached hydrogens (tertiary/aromatic N) is 1. The Bertz CT molecular complexity index is 463. The van der Waals surface area contributed by atoms with Crippen LogP contribution in [-0.2, 0) is 9.47 Å². The summed E-state index contributed by atoms with van der Waals surface area (Å²) in [5.74, 6) is 0.216. The number of rotatable bonds is 5. The van der Waals surface area contributed by atoms with Gasteiger partial charge in [0, 0.05) is 25.8 Å². The molecule has 20 heavy (non-hydrogen) atoms. The van der Waals surface area contributed by atoms with E-state index in [1.165, 1.54) is 6.20 Å². The van der Waals surface area contributed by atoms with Crippen LogP contribution < -0.4 is 5.32 Å². The molecule has 6 heteroatoms. The van der Waals surface area contributed by atoms with Crippen molar-refractivity contribution >= 4 is 11.8 Å². The Morgan fingerprint density at radius 3 is 3.00 bits per heavy atom. The van der Waals surface area contributed by atoms with Crippen LogP contribution in [0.15, 0.2) is 18.3 Å². The average molecular weight is 280 g/mol. The largest absolute Gasteiger partial charge is 0.462 e. The molecule has 1 aromatic heterocycles. The number of hydrogen-bond acceptors (Lipinski definition) is 6. The minimum Gasteiger partial charge on any atom is -0.462 e. The molecule has 0 amide bonds. The maximum Gasteiger partial charge on any atom is 0.339 e. The van der Waals surface area contributed by atoms with E-state index in [4.69, 9.17) is 9.47 Å². The van der Waals surface area contributed by atoms with E-state index in [0.717, 1.165) is 0 Å². The fraction of sp³-hybridized carbons (Fsp3) is 0.571. The van der Waals surface area contributed by atoms with Gasteiger partial charge in [0.15, 0.2) is 0 Å². The molecule has 2 unspecified atom stereocenters. The second kappa shape index (κ2) is 6.19. The summed E-state index contributed by atoms with van der Waals surface area (Å²) in [6.45, 7) is 4.87. The lowest BCUT2D eigenvalue weighted by atomic mass is 9.97. The standard InChI is InChI=1S/C14H20N2O4/c1-3-19-13(17)11-4-5-12(15-8-11)16-9-14(18)6-7-20-10(14)2/h4-5,8,10,18H,3,6-7,9H2,1-2H3,(H,15,16). The number of anilines is 1. The Balaban J connectivity index is 1.92. The summed E-state index contributed by atoms with van der Waals surface area (Å²) < 4.78 is 10.2. The Morgan fingerprint density at radius 1 is 1.65 bits per heavy atom. The summed E-state index contributed by atoms with van der Waals surface area (Å²) in [5, 5.41) is 13.4. The number of carbonyl (C=O) groups excluding carboxylic acids is 1. The third-order valence-corrected chi connectivity index (χ3v) is 3.51. The minimum atomic E-state index is -0.874. The summed E-state index contributed by atoms with van der Waals surface area (Å²) in [7, 11) is 0. The zero-order chi connectivity index (χ0) is 14.6. The number of nitrogens with one attached hydrogen (secondary N) is 1. The molecule has 0 spiro atoms. The Morgan fingerprint density at radius 2 is 2.45 bits per heavy atom. The molecule has 2 atom stereocenters. The maximum absolute atomic E-state index is 11.5. The third kappa shape index (κ3) is 3.26. The molecule has 0 saturated carbocycles. The van der Waals surface area contributed by atoms with Gasteiger partial charge in [0.05, 0.1) is 18.3 Å². The molecular formula is C14H20N2O4. The minimum absolute atomic E-state index is 0.200. The van der Waals surface area contributed by atoms with Gasteiger partial charge < -0.3 is 19.9 Å². The quantitative estimate of drug-likeness (QED) is 0.789. The Labute approximate surface area is 118 Å². The molecule has 2 N–H and O–H groups in total. The number of pyridine rings is 1. The highest BCUT2D eigenvalue weighted by Crippen LogP contribution is 2.25. The van der Waals surface area contributed by atoms with Crippen molar-refractivity contribution in [2.75, 3.05) is 25.1 Å². The molecule has 110 valence electrons. The number of aromatic nitrogens is 1. The molecule has 1 aromatic rings. The fourth-order valence-corrected chi connectivity index (χ4v) is 2.08. The number of ether oxygens (including phenoxy) is 2. The summed E-state index contributed by atoms with van der Waals surface area (Å²) in [6.07, 6.45) is 1.86. The topological polar surface area (TPSA) is 80.7 Å². The van der Waals surface area contributed by atoms with Crippen LogP contribution >= 0.6 is 0 Å². The van der Waals surface area contributed by atoms with E-state index >= 15 is 0 Å². The second-order valence-corrected chi connectivity index (χ2v) is 4.87. The SMILES string of the molecule is CCOC(=O)c1ccc(NCC2(O)CCOC2C)nc1. The van der Waals surface area contributed by atoms with Crippen molar-refractivity contribution < 1.29 is 19.4 Å². The summed E-state index contributed by atoms with van der Waals surface area (Å²) in [5.41, 5.74) is -0.463. The van der Waals surface area contributed by atoms with Crippen molar-refractivity contribution in [3.63, 3.8) is 0 Å². The summed E-state index contributed by atoms with van der Waals surface area (Å²) >= 11 is 0. The smallest absolute Gasteiger partial charge is 0.339 e. The molecule has 2 rings (SSSR count). The van der Waals surface area contributed by atoms with Crippen molar-refractivity contribution in [3.8, 4) is 0 Å². The van der Waals surface area contributed by atoms with Crippen LogP contribution in [0.25, 0.3) is 0 Å². The number of esters is 1. The molecule has 1 aliphatic heterocycles. The average Bonchev–Trinajstić information content (AvgIpc) is 2.78. The predicted octanol–water partition coefficient (Wildman–Crippen LogP) is 1.21. The van der Waals surface area contributed by atoms with E-state index in [1.54, 1.807) is 19.1 Å². The van der Waals surface area contributed by atoms with Crippen LogP contribution in [0.1, 0.15) is 30.6 Å². The highest BCUT2D eigenvalue weighted by atomic mass is 16.5. The van der Waals surface area contributed by atoms with Crippen LogP contribution in [0.4, 0.5) is 5.82 Å². The van der Waals surface area contributed by atoms with Gasteiger partial charge in [0.25, 0.3) is 0 Å². The van der Waals surface area contributed by atoms with Crippen LogP contribution in [0.3, 0.4) is 0 Å². The van der Waals surface area contributed by atoms with E-state index in [0.29, 0.717) is 37.6 Å². The van der Waals surface area contributed by atoms with Gasteiger partial charge in [-0.15, -0.1) is 0 Å². The van der Waals surface area contributed by atoms with Crippen LogP contribution in [0.5, 0.6) is 0 Å². The van der Waals surface area contributed by atoms with Gasteiger partial charge >= 0.3 is 5.97 Å². The second-order valence-electron chi connectivity index (χ2n) is 4.87. The van der Waals surface area contributed by atoms with E-state index in [1.807, 2.05) is 6.92 Å². The first kappa shape index (κ1) is 14.7. The molecule has 1 fully saturated rings. The van der Waals surface area contributed by atoms with Gasteiger partial charge in [-0.2, -0.15) is 0 Å². The van der Waals surface area contributed by atoms with Gasteiger partial charge in [-0.1, -0.05) is 0 Å². The molecule has 1 saturated heterocycles. The fourth-order valence-electron chi connectivity index (χ4n) is 2.08. The van der Waals surface area contributed by atoms with E-state index in [-0.39, 0.29) is 12.1 Å². The molecular weight excluding hydrogens is 260 g/mol. The van der Waals surface area contributed by atoms with Crippen molar-refractivity contribution in [2.24, 2.45) is 0 Å². The Kier molecular flexibility index (Phi) is 4.57. The zero-order valence-electron chi connectivity index (χ0n) is 11.8. The maximum atomic E-state index is 11.5. The van der Waals surface area contributed by atoms with Gasteiger partial charge in [-0.3, -0.25) is 0 Å². The number of carbonyl (C=O) groups is 1. The monoisotopic (exact) mass is 280 g/mol. The lowest BCUT2D eigenvalue weighted by Gasteiger charge is -2.26. The number of aliphatic hydroxyl groups is 1. The molecule has 2 heterocycles. The molecule has 0 radical (unpaired) electrons. The van der Waals surface area contributed by atoms with Crippen LogP contribution in [0.2, 0.25) is 0 Å². The zero-order valence-corrected chi connectivity index (χ0v) is 11.8. The van der Waals surface area contributed by atoms with Gasteiger partial charge in [0.2, 0.25) is 0 Å². The van der Waals surface area contributed by atoms with E-state index in [2.05, 4.69) is 10.3 Å². The van der Waals surface area contributed by atoms with Crippen molar-refractivity contribution in [3.05, 3.63) is 23.9 Å². The van der Waals surface area contributed by atoms with Gasteiger partial charge in [-0.05, 0) is 26.0 Å². The van der Waals surface area contributed by atoms with Crippen LogP contribution in [-0.4, -0.2) is 47.5 Å². The first-order valence-electron chi connectivity index (χ1n) is 6.76.